The van der Waals surface area contributed by atoms with E-state index >= 15 is 0 Å². The van der Waals surface area contributed by atoms with E-state index in [0.29, 0.717) is 5.15 Å². The third-order valence-electron chi connectivity index (χ3n) is 2.49. The molecule has 2 heterocycles. The number of pyridine rings is 1. The maximum absolute atomic E-state index is 6.00. The van der Waals surface area contributed by atoms with Gasteiger partial charge in [-0.05, 0) is 41.0 Å². The Morgan fingerprint density at radius 2 is 2.33 bits per heavy atom. The van der Waals surface area contributed by atoms with Gasteiger partial charge in [0.2, 0.25) is 0 Å². The third kappa shape index (κ3) is 4.08. The molecule has 0 spiro atoms. The van der Waals surface area contributed by atoms with Crippen LogP contribution in [0.4, 0.5) is 0 Å². The summed E-state index contributed by atoms with van der Waals surface area (Å²) in [6, 6.07) is 3.91. The zero-order valence-electron chi connectivity index (χ0n) is 9.81. The predicted molar refractivity (Wildman–Crippen MR) is 75.5 cm³/mol. The molecular formula is C12H14BrClN4. The van der Waals surface area contributed by atoms with E-state index in [2.05, 4.69) is 31.3 Å². The number of aromatic nitrogens is 3. The topological polar surface area (TPSA) is 42.7 Å². The highest BCUT2D eigenvalue weighted by atomic mass is 79.9. The molecule has 0 fully saturated rings. The fraction of sp³-hybridized carbons (Fsp3) is 0.333. The Bertz CT molecular complexity index is 487. The number of nitrogens with zero attached hydrogens (tertiary/aromatic N) is 3. The van der Waals surface area contributed by atoms with Crippen LogP contribution in [0.1, 0.15) is 12.0 Å². The van der Waals surface area contributed by atoms with Crippen molar-refractivity contribution in [2.75, 3.05) is 6.54 Å². The van der Waals surface area contributed by atoms with Crippen LogP contribution in [0.5, 0.6) is 0 Å². The molecule has 2 rings (SSSR count). The Labute approximate surface area is 119 Å². The van der Waals surface area contributed by atoms with Gasteiger partial charge in [-0.15, -0.1) is 0 Å². The van der Waals surface area contributed by atoms with E-state index in [9.17, 15) is 0 Å². The van der Waals surface area contributed by atoms with Gasteiger partial charge in [-0.3, -0.25) is 4.68 Å². The van der Waals surface area contributed by atoms with Crippen molar-refractivity contribution in [1.29, 1.82) is 0 Å². The summed E-state index contributed by atoms with van der Waals surface area (Å²) in [6.07, 6.45) is 6.49. The van der Waals surface area contributed by atoms with Crippen LogP contribution in [0.25, 0.3) is 0 Å². The molecule has 0 aliphatic carbocycles. The van der Waals surface area contributed by atoms with Gasteiger partial charge in [0, 0.05) is 41.7 Å². The molecule has 0 aliphatic heterocycles. The van der Waals surface area contributed by atoms with Crippen LogP contribution >= 0.6 is 27.5 Å². The smallest absolute Gasteiger partial charge is 0.133 e. The van der Waals surface area contributed by atoms with E-state index in [1.807, 2.05) is 23.0 Å². The zero-order chi connectivity index (χ0) is 12.8. The Kier molecular flexibility index (Phi) is 5.16. The van der Waals surface area contributed by atoms with E-state index in [4.69, 9.17) is 11.6 Å². The van der Waals surface area contributed by atoms with Gasteiger partial charge in [-0.1, -0.05) is 11.6 Å². The van der Waals surface area contributed by atoms with Crippen LogP contribution in [-0.2, 0) is 13.1 Å². The number of nitrogens with one attached hydrogen (secondary N) is 1. The van der Waals surface area contributed by atoms with E-state index in [0.717, 1.165) is 36.1 Å². The number of aryl methyl sites for hydroxylation is 1. The molecule has 0 radical (unpaired) electrons. The normalized spacial score (nSPS) is 10.8. The lowest BCUT2D eigenvalue weighted by Crippen LogP contribution is -2.17. The summed E-state index contributed by atoms with van der Waals surface area (Å²) in [5.74, 6) is 0. The summed E-state index contributed by atoms with van der Waals surface area (Å²) < 4.78 is 2.87. The molecule has 0 saturated carbocycles. The minimum absolute atomic E-state index is 0.553. The van der Waals surface area contributed by atoms with Crippen LogP contribution < -0.4 is 5.32 Å². The molecule has 0 amide bonds. The minimum Gasteiger partial charge on any atom is -0.312 e. The van der Waals surface area contributed by atoms with Crippen LogP contribution in [0.3, 0.4) is 0 Å². The Morgan fingerprint density at radius 1 is 1.44 bits per heavy atom. The number of halogens is 2. The standard InChI is InChI=1S/C12H14BrClN4/c13-11-7-10(12(14)16-9-11)8-15-3-1-5-18-6-2-4-17-18/h2,4,6-7,9,15H,1,3,5,8H2. The molecular weight excluding hydrogens is 316 g/mol. The van der Waals surface area contributed by atoms with Gasteiger partial charge in [0.05, 0.1) is 0 Å². The average Bonchev–Trinajstić information content (AvgIpc) is 2.86. The van der Waals surface area contributed by atoms with Gasteiger partial charge in [-0.2, -0.15) is 5.10 Å². The minimum atomic E-state index is 0.553. The van der Waals surface area contributed by atoms with Crippen molar-refractivity contribution in [3.05, 3.63) is 45.9 Å². The summed E-state index contributed by atoms with van der Waals surface area (Å²) >= 11 is 9.39. The van der Waals surface area contributed by atoms with Crippen molar-refractivity contribution in [3.63, 3.8) is 0 Å². The molecule has 0 atom stereocenters. The second-order valence-corrected chi connectivity index (χ2v) is 5.18. The highest BCUT2D eigenvalue weighted by molar-refractivity contribution is 9.10. The molecule has 0 aromatic carbocycles. The molecule has 6 heteroatoms. The molecule has 0 bridgehead atoms. The number of hydrogen-bond donors (Lipinski definition) is 1. The second-order valence-electron chi connectivity index (χ2n) is 3.90. The van der Waals surface area contributed by atoms with Crippen LogP contribution in [0.2, 0.25) is 5.15 Å². The average molecular weight is 330 g/mol. The third-order valence-corrected chi connectivity index (χ3v) is 3.27. The van der Waals surface area contributed by atoms with E-state index in [-0.39, 0.29) is 0 Å². The Morgan fingerprint density at radius 3 is 3.11 bits per heavy atom. The number of hydrogen-bond acceptors (Lipinski definition) is 3. The summed E-state index contributed by atoms with van der Waals surface area (Å²) in [7, 11) is 0. The lowest BCUT2D eigenvalue weighted by atomic mass is 10.3. The molecule has 1 N–H and O–H groups in total. The molecule has 0 unspecified atom stereocenters. The lowest BCUT2D eigenvalue weighted by molar-refractivity contribution is 0.543. The first kappa shape index (κ1) is 13.5. The van der Waals surface area contributed by atoms with Crippen LogP contribution in [0.15, 0.2) is 35.2 Å². The van der Waals surface area contributed by atoms with Crippen molar-refractivity contribution >= 4 is 27.5 Å². The first-order valence-corrected chi connectivity index (χ1v) is 6.91. The summed E-state index contributed by atoms with van der Waals surface area (Å²) in [4.78, 5) is 4.08. The monoisotopic (exact) mass is 328 g/mol. The first-order chi connectivity index (χ1) is 8.75. The van der Waals surface area contributed by atoms with Crippen molar-refractivity contribution in [2.45, 2.75) is 19.5 Å². The van der Waals surface area contributed by atoms with Gasteiger partial charge in [-0.25, -0.2) is 4.98 Å². The first-order valence-electron chi connectivity index (χ1n) is 5.74. The summed E-state index contributed by atoms with van der Waals surface area (Å²) in [6.45, 7) is 2.57. The van der Waals surface area contributed by atoms with Gasteiger partial charge >= 0.3 is 0 Å². The molecule has 0 aliphatic rings. The van der Waals surface area contributed by atoms with Gasteiger partial charge in [0.25, 0.3) is 0 Å². The Balaban J connectivity index is 1.70. The van der Waals surface area contributed by atoms with Crippen molar-refractivity contribution in [3.8, 4) is 0 Å². The largest absolute Gasteiger partial charge is 0.312 e. The van der Waals surface area contributed by atoms with Crippen LogP contribution in [-0.4, -0.2) is 21.3 Å². The summed E-state index contributed by atoms with van der Waals surface area (Å²) in [5.41, 5.74) is 1.00. The molecule has 4 nitrogen and oxygen atoms in total. The number of rotatable bonds is 6. The highest BCUT2D eigenvalue weighted by Gasteiger charge is 2.01. The fourth-order valence-electron chi connectivity index (χ4n) is 1.61. The van der Waals surface area contributed by atoms with Gasteiger partial charge in [0.15, 0.2) is 0 Å². The van der Waals surface area contributed by atoms with Crippen molar-refractivity contribution in [2.24, 2.45) is 0 Å². The molecule has 0 saturated heterocycles. The van der Waals surface area contributed by atoms with Gasteiger partial charge in [0.1, 0.15) is 5.15 Å². The van der Waals surface area contributed by atoms with E-state index in [1.165, 1.54) is 0 Å². The zero-order valence-corrected chi connectivity index (χ0v) is 12.2. The maximum atomic E-state index is 6.00. The molecule has 18 heavy (non-hydrogen) atoms. The quantitative estimate of drug-likeness (QED) is 0.654. The SMILES string of the molecule is Clc1ncc(Br)cc1CNCCCn1cccn1. The predicted octanol–water partition coefficient (Wildman–Crippen LogP) is 2.87. The highest BCUT2D eigenvalue weighted by Crippen LogP contribution is 2.17. The lowest BCUT2D eigenvalue weighted by Gasteiger charge is -2.07. The Hall–Kier alpha value is -0.910. The van der Waals surface area contributed by atoms with E-state index in [1.54, 1.807) is 12.4 Å². The van der Waals surface area contributed by atoms with Crippen molar-refractivity contribution < 1.29 is 0 Å². The van der Waals surface area contributed by atoms with E-state index < -0.39 is 0 Å². The molecule has 2 aromatic rings. The van der Waals surface area contributed by atoms with Crippen LogP contribution in [0, 0.1) is 0 Å². The molecule has 2 aromatic heterocycles. The maximum Gasteiger partial charge on any atom is 0.133 e. The van der Waals surface area contributed by atoms with Gasteiger partial charge < -0.3 is 5.32 Å². The summed E-state index contributed by atoms with van der Waals surface area (Å²) in [5, 5.41) is 8.05. The second kappa shape index (κ2) is 6.87. The fourth-order valence-corrected chi connectivity index (χ4v) is 2.16. The molecule has 96 valence electrons. The van der Waals surface area contributed by atoms with Crippen molar-refractivity contribution in [1.82, 2.24) is 20.1 Å².